The van der Waals surface area contributed by atoms with Crippen LogP contribution >= 0.6 is 11.8 Å². The second kappa shape index (κ2) is 11.1. The van der Waals surface area contributed by atoms with Gasteiger partial charge in [-0.25, -0.2) is 0 Å². The molecule has 0 spiro atoms. The molecule has 1 fully saturated rings. The van der Waals surface area contributed by atoms with Crippen molar-refractivity contribution in [1.82, 2.24) is 10.2 Å². The van der Waals surface area contributed by atoms with E-state index in [0.29, 0.717) is 26.1 Å². The topological polar surface area (TPSA) is 58.6 Å². The maximum absolute atomic E-state index is 13.2. The molecule has 1 heterocycles. The third kappa shape index (κ3) is 6.30. The Balaban J connectivity index is 2.05. The van der Waals surface area contributed by atoms with Crippen molar-refractivity contribution in [2.24, 2.45) is 5.92 Å². The van der Waals surface area contributed by atoms with E-state index in [1.807, 2.05) is 31.2 Å². The summed E-state index contributed by atoms with van der Waals surface area (Å²) in [6.07, 6.45) is 4.09. The van der Waals surface area contributed by atoms with Gasteiger partial charge in [-0.05, 0) is 42.4 Å². The number of thioether (sulfide) groups is 1. The lowest BCUT2D eigenvalue weighted by Gasteiger charge is -2.24. The highest BCUT2D eigenvalue weighted by molar-refractivity contribution is 8.03. The summed E-state index contributed by atoms with van der Waals surface area (Å²) >= 11 is 1.47. The predicted octanol–water partition coefficient (Wildman–Crippen LogP) is 4.16. The molecule has 28 heavy (non-hydrogen) atoms. The summed E-state index contributed by atoms with van der Waals surface area (Å²) in [6.45, 7) is 9.85. The van der Waals surface area contributed by atoms with E-state index in [4.69, 9.17) is 4.74 Å². The van der Waals surface area contributed by atoms with Crippen LogP contribution in [0.5, 0.6) is 5.75 Å². The fourth-order valence-electron chi connectivity index (χ4n) is 3.29. The van der Waals surface area contributed by atoms with Gasteiger partial charge >= 0.3 is 0 Å². The van der Waals surface area contributed by atoms with E-state index >= 15 is 0 Å². The Bertz CT molecular complexity index is 675. The van der Waals surface area contributed by atoms with E-state index in [9.17, 15) is 9.59 Å². The van der Waals surface area contributed by atoms with Crippen molar-refractivity contribution in [2.75, 3.05) is 26.7 Å². The lowest BCUT2D eigenvalue weighted by Crippen LogP contribution is -2.35. The molecule has 154 valence electrons. The van der Waals surface area contributed by atoms with Gasteiger partial charge in [0.25, 0.3) is 0 Å². The highest BCUT2D eigenvalue weighted by Crippen LogP contribution is 2.37. The first-order valence-electron chi connectivity index (χ1n) is 10.0. The molecular formula is C22H32N2O3S. The number of ether oxygens (including phenoxy) is 1. The number of rotatable bonds is 10. The molecule has 0 saturated carbocycles. The molecule has 0 aromatic heterocycles. The zero-order valence-electron chi connectivity index (χ0n) is 17.2. The van der Waals surface area contributed by atoms with Crippen LogP contribution in [0.4, 0.5) is 0 Å². The van der Waals surface area contributed by atoms with Crippen molar-refractivity contribution in [1.29, 1.82) is 0 Å². The molecule has 2 amide bonds. The number of hydrogen-bond acceptors (Lipinski definition) is 4. The summed E-state index contributed by atoms with van der Waals surface area (Å²) in [7, 11) is 1.64. The first kappa shape index (κ1) is 22.3. The summed E-state index contributed by atoms with van der Waals surface area (Å²) in [6, 6.07) is 7.77. The molecule has 1 N–H and O–H groups in total. The monoisotopic (exact) mass is 404 g/mol. The molecular weight excluding hydrogens is 372 g/mol. The normalized spacial score (nSPS) is 17.2. The Kier molecular flexibility index (Phi) is 8.90. The van der Waals surface area contributed by atoms with Crippen LogP contribution in [-0.4, -0.2) is 43.5 Å². The molecule has 2 atom stereocenters. The van der Waals surface area contributed by atoms with Crippen molar-refractivity contribution >= 4 is 23.6 Å². The van der Waals surface area contributed by atoms with E-state index in [1.165, 1.54) is 18.2 Å². The number of likely N-dealkylation sites (tertiary alicyclic amines) is 1. The third-order valence-electron chi connectivity index (χ3n) is 4.86. The molecule has 1 aromatic rings. The van der Waals surface area contributed by atoms with Crippen molar-refractivity contribution in [3.05, 3.63) is 41.3 Å². The summed E-state index contributed by atoms with van der Waals surface area (Å²) in [5, 5.41) is 2.33. The zero-order chi connectivity index (χ0) is 20.5. The number of amides is 2. The highest BCUT2D eigenvalue weighted by atomic mass is 32.2. The number of carbonyl (C=O) groups is 2. The van der Waals surface area contributed by atoms with Crippen LogP contribution in [0, 0.1) is 5.92 Å². The molecule has 1 saturated heterocycles. The third-order valence-corrected chi connectivity index (χ3v) is 5.97. The van der Waals surface area contributed by atoms with Crippen LogP contribution in [0.3, 0.4) is 0 Å². The SMILES string of the molecule is C=C(C)SC(C(=O)N1CCC(C(=O)NC)C1)c1ccc(OCCCCC)cc1. The minimum Gasteiger partial charge on any atom is -0.494 e. The number of allylic oxidation sites excluding steroid dienone is 1. The van der Waals surface area contributed by atoms with Gasteiger partial charge in [0.05, 0.1) is 12.5 Å². The van der Waals surface area contributed by atoms with Gasteiger partial charge in [-0.15, -0.1) is 11.8 Å². The van der Waals surface area contributed by atoms with Gasteiger partial charge in [0, 0.05) is 20.1 Å². The number of benzene rings is 1. The number of unbranched alkanes of at least 4 members (excludes halogenated alkanes) is 2. The van der Waals surface area contributed by atoms with Crippen molar-refractivity contribution in [3.8, 4) is 5.75 Å². The van der Waals surface area contributed by atoms with Gasteiger partial charge in [0.2, 0.25) is 11.8 Å². The van der Waals surface area contributed by atoms with Crippen LogP contribution in [0.2, 0.25) is 0 Å². The van der Waals surface area contributed by atoms with E-state index in [0.717, 1.165) is 29.1 Å². The number of nitrogens with zero attached hydrogens (tertiary/aromatic N) is 1. The molecule has 0 radical (unpaired) electrons. The Morgan fingerprint density at radius 1 is 1.32 bits per heavy atom. The molecule has 5 nitrogen and oxygen atoms in total. The number of nitrogens with one attached hydrogen (secondary N) is 1. The van der Waals surface area contributed by atoms with Crippen molar-refractivity contribution in [2.45, 2.75) is 44.8 Å². The van der Waals surface area contributed by atoms with E-state index in [1.54, 1.807) is 11.9 Å². The predicted molar refractivity (Wildman–Crippen MR) is 115 cm³/mol. The molecule has 2 unspecified atom stereocenters. The number of carbonyl (C=O) groups excluding carboxylic acids is 2. The summed E-state index contributed by atoms with van der Waals surface area (Å²) < 4.78 is 5.77. The summed E-state index contributed by atoms with van der Waals surface area (Å²) in [5.41, 5.74) is 0.933. The average Bonchev–Trinajstić information content (AvgIpc) is 3.19. The second-order valence-corrected chi connectivity index (χ2v) is 8.61. The summed E-state index contributed by atoms with van der Waals surface area (Å²) in [5.74, 6) is 0.746. The van der Waals surface area contributed by atoms with Crippen LogP contribution in [0.15, 0.2) is 35.7 Å². The fourth-order valence-corrected chi connectivity index (χ4v) is 4.23. The molecule has 1 aliphatic rings. The van der Waals surface area contributed by atoms with Gasteiger partial charge in [-0.3, -0.25) is 9.59 Å². The standard InChI is InChI=1S/C22H32N2O3S/c1-5-6-7-14-27-19-10-8-17(9-11-19)20(28-16(2)3)22(26)24-13-12-18(15-24)21(25)23-4/h8-11,18,20H,2,5-7,12-15H2,1,3-4H3,(H,23,25). The van der Waals surface area contributed by atoms with Crippen molar-refractivity contribution in [3.63, 3.8) is 0 Å². The zero-order valence-corrected chi connectivity index (χ0v) is 18.0. The Hall–Kier alpha value is -1.95. The first-order valence-corrected chi connectivity index (χ1v) is 10.9. The Morgan fingerprint density at radius 3 is 2.64 bits per heavy atom. The van der Waals surface area contributed by atoms with Gasteiger partial charge in [-0.2, -0.15) is 0 Å². The van der Waals surface area contributed by atoms with Crippen LogP contribution < -0.4 is 10.1 Å². The van der Waals surface area contributed by atoms with Gasteiger partial charge in [0.15, 0.2) is 0 Å². The molecule has 6 heteroatoms. The van der Waals surface area contributed by atoms with E-state index < -0.39 is 0 Å². The quantitative estimate of drug-likeness (QED) is 0.595. The minimum atomic E-state index is -0.352. The van der Waals surface area contributed by atoms with E-state index in [-0.39, 0.29) is 23.0 Å². The fraction of sp³-hybridized carbons (Fsp3) is 0.545. The molecule has 0 bridgehead atoms. The van der Waals surface area contributed by atoms with E-state index in [2.05, 4.69) is 18.8 Å². The first-order chi connectivity index (χ1) is 13.5. The Labute approximate surface area is 172 Å². The Morgan fingerprint density at radius 2 is 2.04 bits per heavy atom. The lowest BCUT2D eigenvalue weighted by molar-refractivity contribution is -0.130. The second-order valence-electron chi connectivity index (χ2n) is 7.21. The molecule has 0 aliphatic carbocycles. The van der Waals surface area contributed by atoms with Crippen LogP contribution in [-0.2, 0) is 9.59 Å². The lowest BCUT2D eigenvalue weighted by atomic mass is 10.1. The van der Waals surface area contributed by atoms with Crippen LogP contribution in [0.25, 0.3) is 0 Å². The van der Waals surface area contributed by atoms with Gasteiger partial charge in [-0.1, -0.05) is 38.5 Å². The number of hydrogen-bond donors (Lipinski definition) is 1. The molecule has 1 aromatic carbocycles. The average molecular weight is 405 g/mol. The maximum atomic E-state index is 13.2. The minimum absolute atomic E-state index is 0.00368. The van der Waals surface area contributed by atoms with Gasteiger partial charge in [0.1, 0.15) is 11.0 Å². The molecule has 1 aliphatic heterocycles. The maximum Gasteiger partial charge on any atom is 0.240 e. The molecule has 2 rings (SSSR count). The largest absolute Gasteiger partial charge is 0.494 e. The van der Waals surface area contributed by atoms with Gasteiger partial charge < -0.3 is 15.0 Å². The highest BCUT2D eigenvalue weighted by Gasteiger charge is 2.34. The smallest absolute Gasteiger partial charge is 0.240 e. The van der Waals surface area contributed by atoms with Crippen molar-refractivity contribution < 1.29 is 14.3 Å². The van der Waals surface area contributed by atoms with Crippen LogP contribution in [0.1, 0.15) is 50.3 Å². The summed E-state index contributed by atoms with van der Waals surface area (Å²) in [4.78, 5) is 27.7.